The van der Waals surface area contributed by atoms with Gasteiger partial charge in [0, 0.05) is 18.5 Å². The van der Waals surface area contributed by atoms with E-state index in [9.17, 15) is 14.4 Å². The van der Waals surface area contributed by atoms with Crippen molar-refractivity contribution >= 4 is 28.4 Å². The summed E-state index contributed by atoms with van der Waals surface area (Å²) in [5.41, 5.74) is 5.58. The van der Waals surface area contributed by atoms with Gasteiger partial charge in [0.05, 0.1) is 0 Å². The minimum atomic E-state index is -0.675. The second-order valence-corrected chi connectivity index (χ2v) is 7.31. The average molecular weight is 412 g/mol. The molecule has 0 saturated carbocycles. The summed E-state index contributed by atoms with van der Waals surface area (Å²) in [6, 6.07) is 8.97. The van der Waals surface area contributed by atoms with Gasteiger partial charge in [0.25, 0.3) is 11.5 Å². The molecule has 2 heterocycles. The number of fused-ring (bicyclic) bond motifs is 1. The van der Waals surface area contributed by atoms with Crippen LogP contribution in [0.25, 0.3) is 11.0 Å². The number of hydrogen-bond acceptors (Lipinski definition) is 5. The molecule has 8 heteroatoms. The maximum Gasteiger partial charge on any atom is 0.330 e. The number of amides is 1. The van der Waals surface area contributed by atoms with Crippen LogP contribution in [0.3, 0.4) is 0 Å². The lowest BCUT2D eigenvalue weighted by atomic mass is 10.2. The quantitative estimate of drug-likeness (QED) is 0.522. The number of nitrogen functional groups attached to an aromatic ring is 1. The van der Waals surface area contributed by atoms with Crippen LogP contribution in [0.2, 0.25) is 0 Å². The summed E-state index contributed by atoms with van der Waals surface area (Å²) in [6.45, 7) is 4.71. The lowest BCUT2D eigenvalue weighted by molar-refractivity contribution is 0.0961. The van der Waals surface area contributed by atoms with Crippen LogP contribution in [0.1, 0.15) is 56.5 Å². The molecule has 3 rings (SSSR count). The van der Waals surface area contributed by atoms with Crippen molar-refractivity contribution in [3.05, 3.63) is 56.9 Å². The molecule has 0 saturated heterocycles. The summed E-state index contributed by atoms with van der Waals surface area (Å²) in [4.78, 5) is 42.0. The van der Waals surface area contributed by atoms with Crippen LogP contribution >= 0.6 is 0 Å². The summed E-state index contributed by atoms with van der Waals surface area (Å²) in [6.07, 6.45) is 4.11. The van der Waals surface area contributed by atoms with Gasteiger partial charge in [-0.3, -0.25) is 24.0 Å². The largest absolute Gasteiger partial charge is 0.451 e. The zero-order chi connectivity index (χ0) is 21.7. The summed E-state index contributed by atoms with van der Waals surface area (Å²) >= 11 is 0. The number of nitrogens with one attached hydrogen (secondary N) is 1. The fourth-order valence-electron chi connectivity index (χ4n) is 3.43. The van der Waals surface area contributed by atoms with Gasteiger partial charge in [-0.25, -0.2) is 4.79 Å². The second kappa shape index (κ2) is 9.47. The van der Waals surface area contributed by atoms with Crippen LogP contribution in [0.4, 0.5) is 11.5 Å². The Morgan fingerprint density at radius 1 is 1.13 bits per heavy atom. The van der Waals surface area contributed by atoms with E-state index < -0.39 is 17.2 Å². The second-order valence-electron chi connectivity index (χ2n) is 7.31. The maximum atomic E-state index is 13.4. The van der Waals surface area contributed by atoms with Crippen molar-refractivity contribution in [2.75, 3.05) is 17.2 Å². The number of H-pyrrole nitrogens is 1. The summed E-state index contributed by atoms with van der Waals surface area (Å²) in [5, 5.41) is 0.796. The summed E-state index contributed by atoms with van der Waals surface area (Å²) < 4.78 is 7.04. The number of para-hydroxylation sites is 1. The normalized spacial score (nSPS) is 11.1. The number of furan rings is 1. The topological polar surface area (TPSA) is 114 Å². The Hall–Kier alpha value is -3.29. The number of anilines is 2. The van der Waals surface area contributed by atoms with Gasteiger partial charge in [-0.05, 0) is 25.0 Å². The lowest BCUT2D eigenvalue weighted by Crippen LogP contribution is -2.41. The highest BCUT2D eigenvalue weighted by molar-refractivity contribution is 6.07. The fourth-order valence-corrected chi connectivity index (χ4v) is 3.43. The minimum absolute atomic E-state index is 0.00170. The molecule has 3 aromatic rings. The third-order valence-corrected chi connectivity index (χ3v) is 5.09. The Labute approximate surface area is 174 Å². The van der Waals surface area contributed by atoms with E-state index in [1.807, 2.05) is 25.1 Å². The molecule has 0 unspecified atom stereocenters. The molecule has 2 aromatic heterocycles. The van der Waals surface area contributed by atoms with Crippen LogP contribution in [0.15, 0.2) is 44.3 Å². The van der Waals surface area contributed by atoms with Crippen molar-refractivity contribution < 1.29 is 9.21 Å². The van der Waals surface area contributed by atoms with Gasteiger partial charge in [0.15, 0.2) is 11.4 Å². The fraction of sp³-hybridized carbons (Fsp3) is 0.409. The number of carbonyl (C=O) groups is 1. The Morgan fingerprint density at radius 2 is 1.87 bits per heavy atom. The Morgan fingerprint density at radius 3 is 2.57 bits per heavy atom. The van der Waals surface area contributed by atoms with Gasteiger partial charge in [-0.1, -0.05) is 51.3 Å². The number of aromatic amines is 1. The Kier molecular flexibility index (Phi) is 6.76. The third-order valence-electron chi connectivity index (χ3n) is 5.09. The zero-order valence-corrected chi connectivity index (χ0v) is 17.4. The molecule has 0 spiro atoms. The predicted octanol–water partition coefficient (Wildman–Crippen LogP) is 3.50. The van der Waals surface area contributed by atoms with Crippen LogP contribution in [-0.2, 0) is 6.54 Å². The first kappa shape index (κ1) is 21.4. The molecular formula is C22H28N4O4. The van der Waals surface area contributed by atoms with Crippen LogP contribution in [0.5, 0.6) is 0 Å². The van der Waals surface area contributed by atoms with Crippen molar-refractivity contribution in [1.82, 2.24) is 9.55 Å². The van der Waals surface area contributed by atoms with E-state index in [1.54, 1.807) is 12.1 Å². The highest BCUT2D eigenvalue weighted by Crippen LogP contribution is 2.24. The number of nitrogens with two attached hydrogens (primary N) is 1. The number of hydrogen-bond donors (Lipinski definition) is 2. The molecule has 1 amide bonds. The van der Waals surface area contributed by atoms with Gasteiger partial charge in [-0.15, -0.1) is 0 Å². The molecule has 0 radical (unpaired) electrons. The highest BCUT2D eigenvalue weighted by Gasteiger charge is 2.27. The molecule has 3 N–H and O–H groups in total. The molecule has 0 fully saturated rings. The van der Waals surface area contributed by atoms with E-state index in [1.165, 1.54) is 9.47 Å². The Balaban J connectivity index is 2.08. The summed E-state index contributed by atoms with van der Waals surface area (Å²) in [5.74, 6) is -0.337. The standard InChI is InChI=1S/C22H28N4O4/c1-3-5-9-13-25(21(28)17-14-15-10-7-8-11-16(15)30-17)18-19(23)26(12-6-4-2)22(29)24-20(18)27/h7-8,10-11,14H,3-6,9,12-13,23H2,1-2H3,(H,24,27,29). The molecule has 0 bridgehead atoms. The van der Waals surface area contributed by atoms with Crippen LogP contribution in [-0.4, -0.2) is 22.0 Å². The number of aromatic nitrogens is 2. The molecule has 0 aliphatic rings. The van der Waals surface area contributed by atoms with Crippen molar-refractivity contribution in [3.8, 4) is 0 Å². The lowest BCUT2D eigenvalue weighted by Gasteiger charge is -2.23. The third kappa shape index (κ3) is 4.32. The van der Waals surface area contributed by atoms with Gasteiger partial charge in [0.2, 0.25) is 0 Å². The molecule has 0 atom stereocenters. The van der Waals surface area contributed by atoms with Crippen molar-refractivity contribution in [3.63, 3.8) is 0 Å². The van der Waals surface area contributed by atoms with Crippen molar-refractivity contribution in [1.29, 1.82) is 0 Å². The first-order valence-electron chi connectivity index (χ1n) is 10.4. The number of carbonyl (C=O) groups excluding carboxylic acids is 1. The molecule has 0 aliphatic carbocycles. The first-order chi connectivity index (χ1) is 14.5. The van der Waals surface area contributed by atoms with Gasteiger partial charge >= 0.3 is 5.69 Å². The molecule has 30 heavy (non-hydrogen) atoms. The molecule has 0 aliphatic heterocycles. The van der Waals surface area contributed by atoms with Gasteiger partial charge < -0.3 is 10.2 Å². The first-order valence-corrected chi connectivity index (χ1v) is 10.4. The van der Waals surface area contributed by atoms with E-state index in [0.29, 0.717) is 25.1 Å². The molecule has 160 valence electrons. The SMILES string of the molecule is CCCCCN(C(=O)c1cc2ccccc2o1)c1c(N)n(CCCC)c(=O)[nH]c1=O. The molecule has 1 aromatic carbocycles. The number of unbranched alkanes of at least 4 members (excludes halogenated alkanes) is 3. The zero-order valence-electron chi connectivity index (χ0n) is 17.4. The van der Waals surface area contributed by atoms with E-state index >= 15 is 0 Å². The average Bonchev–Trinajstić information content (AvgIpc) is 3.16. The van der Waals surface area contributed by atoms with E-state index in [-0.39, 0.29) is 17.3 Å². The number of nitrogens with zero attached hydrogens (tertiary/aromatic N) is 2. The monoisotopic (exact) mass is 412 g/mol. The van der Waals surface area contributed by atoms with Crippen molar-refractivity contribution in [2.45, 2.75) is 52.5 Å². The number of rotatable bonds is 9. The van der Waals surface area contributed by atoms with Gasteiger partial charge in [0.1, 0.15) is 11.4 Å². The molecular weight excluding hydrogens is 384 g/mol. The van der Waals surface area contributed by atoms with E-state index in [4.69, 9.17) is 10.2 Å². The maximum absolute atomic E-state index is 13.4. The van der Waals surface area contributed by atoms with E-state index in [2.05, 4.69) is 11.9 Å². The molecule has 8 nitrogen and oxygen atoms in total. The Bertz CT molecular complexity index is 1110. The number of benzene rings is 1. The predicted molar refractivity (Wildman–Crippen MR) is 118 cm³/mol. The van der Waals surface area contributed by atoms with Gasteiger partial charge in [-0.2, -0.15) is 0 Å². The van der Waals surface area contributed by atoms with Crippen LogP contribution < -0.4 is 21.9 Å². The van der Waals surface area contributed by atoms with E-state index in [0.717, 1.165) is 31.1 Å². The van der Waals surface area contributed by atoms with Crippen molar-refractivity contribution in [2.24, 2.45) is 0 Å². The highest BCUT2D eigenvalue weighted by atomic mass is 16.3. The minimum Gasteiger partial charge on any atom is -0.451 e. The smallest absolute Gasteiger partial charge is 0.330 e. The van der Waals surface area contributed by atoms with Crippen LogP contribution in [0, 0.1) is 0 Å². The summed E-state index contributed by atoms with van der Waals surface area (Å²) in [7, 11) is 0.